The van der Waals surface area contributed by atoms with Crippen LogP contribution in [0, 0.1) is 0 Å². The quantitative estimate of drug-likeness (QED) is 0.331. The third-order valence-electron chi connectivity index (χ3n) is 5.82. The Morgan fingerprint density at radius 3 is 2.71 bits per heavy atom. The van der Waals surface area contributed by atoms with E-state index < -0.39 is 0 Å². The van der Waals surface area contributed by atoms with E-state index in [1.165, 1.54) is 5.69 Å². The summed E-state index contributed by atoms with van der Waals surface area (Å²) in [7, 11) is 0. The zero-order valence-corrected chi connectivity index (χ0v) is 20.6. The highest BCUT2D eigenvalue weighted by atomic mass is 127. The van der Waals surface area contributed by atoms with Gasteiger partial charge in [0.15, 0.2) is 5.96 Å². The summed E-state index contributed by atoms with van der Waals surface area (Å²) in [6.07, 6.45) is 5.21. The number of rotatable bonds is 7. The van der Waals surface area contributed by atoms with Crippen molar-refractivity contribution in [1.29, 1.82) is 0 Å². The molecule has 2 aromatic rings. The summed E-state index contributed by atoms with van der Waals surface area (Å²) in [6.45, 7) is 9.24. The Bertz CT molecular complexity index is 799. The lowest BCUT2D eigenvalue weighted by molar-refractivity contribution is 0.117. The highest BCUT2D eigenvalue weighted by molar-refractivity contribution is 14.0. The number of guanidine groups is 1. The number of nitrogens with one attached hydrogen (secondary N) is 1. The molecule has 2 fully saturated rings. The van der Waals surface area contributed by atoms with E-state index >= 15 is 0 Å². The van der Waals surface area contributed by atoms with Crippen molar-refractivity contribution in [2.24, 2.45) is 4.99 Å². The first kappa shape index (κ1) is 23.8. The number of aliphatic imine (C=N–C) groups is 1. The molecule has 0 saturated carbocycles. The molecule has 1 N–H and O–H groups in total. The number of aryl methyl sites for hydroxylation is 1. The molecule has 0 spiro atoms. The van der Waals surface area contributed by atoms with Gasteiger partial charge < -0.3 is 24.4 Å². The Hall–Kier alpha value is -1.88. The third-order valence-corrected chi connectivity index (χ3v) is 5.82. The monoisotopic (exact) mass is 539 g/mol. The lowest BCUT2D eigenvalue weighted by Gasteiger charge is -2.38. The number of anilines is 1. The molecule has 170 valence electrons. The van der Waals surface area contributed by atoms with Gasteiger partial charge in [0, 0.05) is 58.0 Å². The van der Waals surface area contributed by atoms with E-state index in [1.54, 1.807) is 0 Å². The minimum atomic E-state index is 0. The second-order valence-electron chi connectivity index (χ2n) is 7.83. The van der Waals surface area contributed by atoms with Gasteiger partial charge in [0.25, 0.3) is 0 Å². The maximum absolute atomic E-state index is 5.78. The number of para-hydroxylation sites is 1. The van der Waals surface area contributed by atoms with Crippen molar-refractivity contribution in [3.8, 4) is 0 Å². The van der Waals surface area contributed by atoms with Crippen LogP contribution in [0.15, 0.2) is 41.7 Å². The zero-order valence-electron chi connectivity index (χ0n) is 18.3. The summed E-state index contributed by atoms with van der Waals surface area (Å²) in [5.74, 6) is 2.01. The predicted molar refractivity (Wildman–Crippen MR) is 134 cm³/mol. The van der Waals surface area contributed by atoms with E-state index in [9.17, 15) is 0 Å². The van der Waals surface area contributed by atoms with Crippen LogP contribution in [0.4, 0.5) is 5.69 Å². The maximum atomic E-state index is 5.78. The summed E-state index contributed by atoms with van der Waals surface area (Å²) < 4.78 is 7.89. The first-order valence-electron chi connectivity index (χ1n) is 11.1. The molecule has 2 aliphatic rings. The highest BCUT2D eigenvalue weighted by Crippen LogP contribution is 2.16. The second kappa shape index (κ2) is 12.2. The number of hydrogen-bond donors (Lipinski definition) is 1. The normalized spacial score (nSPS) is 19.4. The van der Waals surface area contributed by atoms with Gasteiger partial charge in [-0.3, -0.25) is 4.99 Å². The van der Waals surface area contributed by atoms with Gasteiger partial charge in [-0.05, 0) is 25.0 Å². The molecule has 0 bridgehead atoms. The lowest BCUT2D eigenvalue weighted by Crippen LogP contribution is -2.53. The summed E-state index contributed by atoms with van der Waals surface area (Å²) in [5, 5.41) is 11.8. The van der Waals surface area contributed by atoms with Crippen molar-refractivity contribution >= 4 is 35.6 Å². The van der Waals surface area contributed by atoms with Crippen LogP contribution in [0.5, 0.6) is 0 Å². The number of ether oxygens (including phenoxy) is 1. The smallest absolute Gasteiger partial charge is 0.194 e. The molecule has 0 radical (unpaired) electrons. The lowest BCUT2D eigenvalue weighted by atomic mass is 10.2. The second-order valence-corrected chi connectivity index (χ2v) is 7.83. The SMILES string of the molecule is CCc1nncn1CCNC(=NCC1CCCO1)N1CCN(c2ccccc2)CC1.I. The van der Waals surface area contributed by atoms with E-state index in [4.69, 9.17) is 9.73 Å². The van der Waals surface area contributed by atoms with Crippen molar-refractivity contribution in [1.82, 2.24) is 25.0 Å². The molecule has 4 rings (SSSR count). The Kier molecular flexibility index (Phi) is 9.38. The number of aromatic nitrogens is 3. The number of piperazine rings is 1. The van der Waals surface area contributed by atoms with Crippen LogP contribution in [0.2, 0.25) is 0 Å². The van der Waals surface area contributed by atoms with Gasteiger partial charge in [0.2, 0.25) is 0 Å². The van der Waals surface area contributed by atoms with Crippen molar-refractivity contribution in [2.75, 3.05) is 50.8 Å². The van der Waals surface area contributed by atoms with E-state index in [0.717, 1.165) is 83.5 Å². The fourth-order valence-corrected chi connectivity index (χ4v) is 4.09. The van der Waals surface area contributed by atoms with E-state index in [2.05, 4.69) is 67.1 Å². The average molecular weight is 539 g/mol. The molecule has 2 aliphatic heterocycles. The predicted octanol–water partition coefficient (Wildman–Crippen LogP) is 2.41. The minimum Gasteiger partial charge on any atom is -0.376 e. The average Bonchev–Trinajstić information content (AvgIpc) is 3.49. The molecule has 1 atom stereocenters. The number of hydrogen-bond acceptors (Lipinski definition) is 5. The van der Waals surface area contributed by atoms with Gasteiger partial charge in [-0.2, -0.15) is 0 Å². The van der Waals surface area contributed by atoms with Crippen LogP contribution >= 0.6 is 24.0 Å². The van der Waals surface area contributed by atoms with Crippen LogP contribution in [-0.2, 0) is 17.7 Å². The standard InChI is InChI=1S/C22H33N7O.HI/c1-2-21-26-25-18-29(21)11-10-23-22(24-17-20-9-6-16-30-20)28-14-12-27(13-15-28)19-7-4-3-5-8-19;/h3-5,7-8,18,20H,2,6,9-17H2,1H3,(H,23,24);1H. The Morgan fingerprint density at radius 2 is 2.00 bits per heavy atom. The molecular formula is C22H34IN7O. The van der Waals surface area contributed by atoms with E-state index in [0.29, 0.717) is 0 Å². The molecule has 1 aromatic carbocycles. The van der Waals surface area contributed by atoms with Crippen LogP contribution in [0.3, 0.4) is 0 Å². The van der Waals surface area contributed by atoms with E-state index in [1.807, 2.05) is 6.33 Å². The topological polar surface area (TPSA) is 70.8 Å². The van der Waals surface area contributed by atoms with Crippen molar-refractivity contribution in [2.45, 2.75) is 38.8 Å². The molecule has 0 aliphatic carbocycles. The van der Waals surface area contributed by atoms with Gasteiger partial charge in [0.05, 0.1) is 12.6 Å². The van der Waals surface area contributed by atoms with Crippen molar-refractivity contribution in [3.63, 3.8) is 0 Å². The molecular weight excluding hydrogens is 505 g/mol. The molecule has 0 amide bonds. The number of nitrogens with zero attached hydrogens (tertiary/aromatic N) is 6. The molecule has 31 heavy (non-hydrogen) atoms. The third kappa shape index (κ3) is 6.55. The minimum absolute atomic E-state index is 0. The molecule has 1 aromatic heterocycles. The van der Waals surface area contributed by atoms with Gasteiger partial charge >= 0.3 is 0 Å². The summed E-state index contributed by atoms with van der Waals surface area (Å²) in [5.41, 5.74) is 1.29. The van der Waals surface area contributed by atoms with Crippen LogP contribution in [0.1, 0.15) is 25.6 Å². The Labute approximate surface area is 202 Å². The number of halogens is 1. The van der Waals surface area contributed by atoms with Crippen molar-refractivity contribution in [3.05, 3.63) is 42.5 Å². The van der Waals surface area contributed by atoms with Gasteiger partial charge in [-0.25, -0.2) is 0 Å². The Morgan fingerprint density at radius 1 is 1.19 bits per heavy atom. The van der Waals surface area contributed by atoms with Gasteiger partial charge in [0.1, 0.15) is 12.2 Å². The molecule has 1 unspecified atom stereocenters. The fourth-order valence-electron chi connectivity index (χ4n) is 4.09. The fraction of sp³-hybridized carbons (Fsp3) is 0.591. The highest BCUT2D eigenvalue weighted by Gasteiger charge is 2.21. The summed E-state index contributed by atoms with van der Waals surface area (Å²) >= 11 is 0. The summed E-state index contributed by atoms with van der Waals surface area (Å²) in [6, 6.07) is 10.6. The van der Waals surface area contributed by atoms with Gasteiger partial charge in [-0.15, -0.1) is 34.2 Å². The maximum Gasteiger partial charge on any atom is 0.194 e. The Balaban J connectivity index is 0.00000272. The first-order valence-corrected chi connectivity index (χ1v) is 11.1. The molecule has 9 heteroatoms. The summed E-state index contributed by atoms with van der Waals surface area (Å²) in [4.78, 5) is 9.76. The van der Waals surface area contributed by atoms with Crippen LogP contribution < -0.4 is 10.2 Å². The molecule has 2 saturated heterocycles. The van der Waals surface area contributed by atoms with Crippen LogP contribution in [-0.4, -0.2) is 77.6 Å². The first-order chi connectivity index (χ1) is 14.8. The van der Waals surface area contributed by atoms with Crippen molar-refractivity contribution < 1.29 is 4.74 Å². The van der Waals surface area contributed by atoms with Gasteiger partial charge in [-0.1, -0.05) is 25.1 Å². The van der Waals surface area contributed by atoms with Crippen LogP contribution in [0.25, 0.3) is 0 Å². The molecule has 3 heterocycles. The largest absolute Gasteiger partial charge is 0.376 e. The zero-order chi connectivity index (χ0) is 20.6. The van der Waals surface area contributed by atoms with E-state index in [-0.39, 0.29) is 30.1 Å². The molecule has 8 nitrogen and oxygen atoms in total. The number of benzene rings is 1.